The van der Waals surface area contributed by atoms with Gasteiger partial charge in [-0.3, -0.25) is 4.79 Å². The number of sulfonamides is 1. The number of carbonyl (C=O) groups excluding carboxylic acids is 2. The lowest BCUT2D eigenvalue weighted by Crippen LogP contribution is -2.42. The zero-order valence-electron chi connectivity index (χ0n) is 18.8. The quantitative estimate of drug-likeness (QED) is 0.653. The number of carbonyl (C=O) groups is 2. The number of amides is 1. The Bertz CT molecular complexity index is 1130. The highest BCUT2D eigenvalue weighted by molar-refractivity contribution is 7.89. The van der Waals surface area contributed by atoms with Crippen molar-refractivity contribution in [3.05, 3.63) is 65.2 Å². The third kappa shape index (κ3) is 5.45. The van der Waals surface area contributed by atoms with Crippen LogP contribution in [0.2, 0.25) is 0 Å². The van der Waals surface area contributed by atoms with Crippen LogP contribution < -0.4 is 5.32 Å². The first kappa shape index (κ1) is 23.4. The Morgan fingerprint density at radius 3 is 2.52 bits per heavy atom. The number of benzene rings is 2. The molecule has 1 atom stereocenters. The first-order valence-corrected chi connectivity index (χ1v) is 13.0. The molecule has 4 rings (SSSR count). The fourth-order valence-electron chi connectivity index (χ4n) is 4.46. The molecule has 7 nitrogen and oxygen atoms in total. The summed E-state index contributed by atoms with van der Waals surface area (Å²) in [4.78, 5) is 25.1. The molecule has 1 unspecified atom stereocenters. The molecule has 1 heterocycles. The Hall–Kier alpha value is -2.71. The first-order chi connectivity index (χ1) is 15.8. The highest BCUT2D eigenvalue weighted by atomic mass is 32.2. The average molecular weight is 471 g/mol. The van der Waals surface area contributed by atoms with Gasteiger partial charge in [0.2, 0.25) is 10.0 Å². The molecule has 1 fully saturated rings. The van der Waals surface area contributed by atoms with E-state index in [4.69, 9.17) is 4.74 Å². The molecule has 0 spiro atoms. The second-order valence-electron chi connectivity index (χ2n) is 8.78. The standard InChI is InChI=1S/C25H30N2O5S/c1-18(24(28)26-22-11-3-2-4-12-22)32-25(29)20-10-7-13-23(16-20)33(30,31)27-15-14-19-8-5-6-9-21(19)17-27/h5-10,13,16,18,22H,2-4,11-12,14-15,17H2,1H3,(H,26,28). The number of nitrogens with zero attached hydrogens (tertiary/aromatic N) is 1. The Morgan fingerprint density at radius 2 is 1.76 bits per heavy atom. The van der Waals surface area contributed by atoms with Gasteiger partial charge in [0.15, 0.2) is 6.10 Å². The number of rotatable bonds is 6. The molecule has 2 aliphatic rings. The molecular weight excluding hydrogens is 440 g/mol. The first-order valence-electron chi connectivity index (χ1n) is 11.5. The third-order valence-corrected chi connectivity index (χ3v) is 8.25. The zero-order valence-corrected chi connectivity index (χ0v) is 19.6. The van der Waals surface area contributed by atoms with Crippen molar-refractivity contribution in [2.45, 2.75) is 69.0 Å². The van der Waals surface area contributed by atoms with Gasteiger partial charge in [0, 0.05) is 19.1 Å². The van der Waals surface area contributed by atoms with Crippen LogP contribution in [0.1, 0.15) is 60.5 Å². The van der Waals surface area contributed by atoms with Gasteiger partial charge in [-0.15, -0.1) is 0 Å². The van der Waals surface area contributed by atoms with Gasteiger partial charge in [0.25, 0.3) is 5.91 Å². The van der Waals surface area contributed by atoms with Crippen molar-refractivity contribution in [1.29, 1.82) is 0 Å². The number of nitrogens with one attached hydrogen (secondary N) is 1. The molecule has 1 amide bonds. The van der Waals surface area contributed by atoms with E-state index in [-0.39, 0.29) is 22.4 Å². The summed E-state index contributed by atoms with van der Waals surface area (Å²) >= 11 is 0. The zero-order chi connectivity index (χ0) is 23.4. The van der Waals surface area contributed by atoms with Crippen LogP contribution in [-0.2, 0) is 32.5 Å². The van der Waals surface area contributed by atoms with Gasteiger partial charge in [-0.1, -0.05) is 49.6 Å². The monoisotopic (exact) mass is 470 g/mol. The van der Waals surface area contributed by atoms with Crippen LogP contribution in [0.5, 0.6) is 0 Å². The van der Waals surface area contributed by atoms with Gasteiger partial charge in [-0.2, -0.15) is 4.31 Å². The van der Waals surface area contributed by atoms with Crippen molar-refractivity contribution in [2.24, 2.45) is 0 Å². The van der Waals surface area contributed by atoms with E-state index in [1.54, 1.807) is 0 Å². The van der Waals surface area contributed by atoms with Crippen LogP contribution >= 0.6 is 0 Å². The maximum atomic E-state index is 13.2. The molecule has 0 saturated heterocycles. The molecule has 0 aromatic heterocycles. The molecule has 33 heavy (non-hydrogen) atoms. The number of hydrogen-bond acceptors (Lipinski definition) is 5. The minimum atomic E-state index is -3.78. The fourth-order valence-corrected chi connectivity index (χ4v) is 5.92. The molecule has 0 radical (unpaired) electrons. The van der Waals surface area contributed by atoms with Gasteiger partial charge >= 0.3 is 5.97 Å². The minimum Gasteiger partial charge on any atom is -0.449 e. The normalized spacial score (nSPS) is 18.2. The van der Waals surface area contributed by atoms with Crippen molar-refractivity contribution >= 4 is 21.9 Å². The second kappa shape index (κ2) is 10.1. The molecule has 1 saturated carbocycles. The summed E-state index contributed by atoms with van der Waals surface area (Å²) in [6.07, 6.45) is 4.91. The Kier molecular flexibility index (Phi) is 7.14. The van der Waals surface area contributed by atoms with Crippen LogP contribution in [0.4, 0.5) is 0 Å². The van der Waals surface area contributed by atoms with E-state index in [1.807, 2.05) is 24.3 Å². The minimum absolute atomic E-state index is 0.0376. The Morgan fingerprint density at radius 1 is 1.03 bits per heavy atom. The van der Waals surface area contributed by atoms with Crippen molar-refractivity contribution < 1.29 is 22.7 Å². The van der Waals surface area contributed by atoms with Gasteiger partial charge in [-0.25, -0.2) is 13.2 Å². The second-order valence-corrected chi connectivity index (χ2v) is 10.7. The average Bonchev–Trinajstić information content (AvgIpc) is 2.84. The summed E-state index contributed by atoms with van der Waals surface area (Å²) in [6, 6.07) is 13.7. The maximum absolute atomic E-state index is 13.2. The molecule has 1 N–H and O–H groups in total. The number of fused-ring (bicyclic) bond motifs is 1. The lowest BCUT2D eigenvalue weighted by atomic mass is 9.95. The topological polar surface area (TPSA) is 92.8 Å². The highest BCUT2D eigenvalue weighted by Crippen LogP contribution is 2.25. The summed E-state index contributed by atoms with van der Waals surface area (Å²) in [6.45, 7) is 2.21. The molecule has 1 aliphatic heterocycles. The third-order valence-electron chi connectivity index (χ3n) is 6.41. The van der Waals surface area contributed by atoms with Crippen molar-refractivity contribution in [2.75, 3.05) is 6.54 Å². The van der Waals surface area contributed by atoms with E-state index in [0.717, 1.165) is 36.8 Å². The van der Waals surface area contributed by atoms with Crippen LogP contribution in [0.3, 0.4) is 0 Å². The molecule has 8 heteroatoms. The van der Waals surface area contributed by atoms with E-state index >= 15 is 0 Å². The van der Waals surface area contributed by atoms with Crippen LogP contribution in [-0.4, -0.2) is 43.3 Å². The van der Waals surface area contributed by atoms with E-state index in [0.29, 0.717) is 19.5 Å². The number of hydrogen-bond donors (Lipinski definition) is 1. The molecule has 176 valence electrons. The van der Waals surface area contributed by atoms with E-state index < -0.39 is 22.1 Å². The van der Waals surface area contributed by atoms with Gasteiger partial charge in [-0.05, 0) is 55.5 Å². The summed E-state index contributed by atoms with van der Waals surface area (Å²) in [5.41, 5.74) is 2.24. The van der Waals surface area contributed by atoms with E-state index in [9.17, 15) is 18.0 Å². The lowest BCUT2D eigenvalue weighted by molar-refractivity contribution is -0.130. The Labute approximate surface area is 195 Å². The van der Waals surface area contributed by atoms with Gasteiger partial charge in [0.05, 0.1) is 10.5 Å². The van der Waals surface area contributed by atoms with Gasteiger partial charge in [0.1, 0.15) is 0 Å². The molecule has 1 aliphatic carbocycles. The highest BCUT2D eigenvalue weighted by Gasteiger charge is 2.29. The van der Waals surface area contributed by atoms with Crippen LogP contribution in [0.15, 0.2) is 53.4 Å². The van der Waals surface area contributed by atoms with E-state index in [1.165, 1.54) is 41.9 Å². The maximum Gasteiger partial charge on any atom is 0.338 e. The van der Waals surface area contributed by atoms with Crippen molar-refractivity contribution in [1.82, 2.24) is 9.62 Å². The van der Waals surface area contributed by atoms with Crippen LogP contribution in [0, 0.1) is 0 Å². The van der Waals surface area contributed by atoms with Crippen molar-refractivity contribution in [3.8, 4) is 0 Å². The molecule has 0 bridgehead atoms. The largest absolute Gasteiger partial charge is 0.449 e. The summed E-state index contributed by atoms with van der Waals surface area (Å²) in [7, 11) is -3.78. The van der Waals surface area contributed by atoms with Crippen LogP contribution in [0.25, 0.3) is 0 Å². The van der Waals surface area contributed by atoms with Gasteiger partial charge < -0.3 is 10.1 Å². The fraction of sp³-hybridized carbons (Fsp3) is 0.440. The molecular formula is C25H30N2O5S. The summed E-state index contributed by atoms with van der Waals surface area (Å²) < 4.78 is 33.2. The summed E-state index contributed by atoms with van der Waals surface area (Å²) in [5.74, 6) is -1.05. The smallest absolute Gasteiger partial charge is 0.338 e. The molecule has 2 aromatic carbocycles. The predicted octanol–water partition coefficient (Wildman–Crippen LogP) is 3.43. The SMILES string of the molecule is CC(OC(=O)c1cccc(S(=O)(=O)N2CCc3ccccc3C2)c1)C(=O)NC1CCCCC1. The number of ether oxygens (including phenoxy) is 1. The Balaban J connectivity index is 1.42. The van der Waals surface area contributed by atoms with Crippen molar-refractivity contribution in [3.63, 3.8) is 0 Å². The number of esters is 1. The lowest BCUT2D eigenvalue weighted by Gasteiger charge is -2.28. The predicted molar refractivity (Wildman–Crippen MR) is 124 cm³/mol. The summed E-state index contributed by atoms with van der Waals surface area (Å²) in [5, 5.41) is 2.94. The molecule has 2 aromatic rings. The van der Waals surface area contributed by atoms with E-state index in [2.05, 4.69) is 5.32 Å².